The van der Waals surface area contributed by atoms with Gasteiger partial charge in [-0.1, -0.05) is 41.9 Å². The van der Waals surface area contributed by atoms with Gasteiger partial charge in [-0.3, -0.25) is 4.79 Å². The fraction of sp³-hybridized carbons (Fsp3) is 0.412. The van der Waals surface area contributed by atoms with Gasteiger partial charge >= 0.3 is 0 Å². The number of carbonyl (C=O) groups excluding carboxylic acids is 1. The van der Waals surface area contributed by atoms with E-state index in [0.29, 0.717) is 29.0 Å². The first kappa shape index (κ1) is 20.5. The highest BCUT2D eigenvalue weighted by atomic mass is 79.9. The molecule has 0 fully saturated rings. The Hall–Kier alpha value is -2.27. The molecule has 0 saturated carbocycles. The second-order valence-electron chi connectivity index (χ2n) is 7.14. The van der Waals surface area contributed by atoms with Crippen molar-refractivity contribution in [3.8, 4) is 0 Å². The number of carbonyl (C=O) groups is 1. The molecule has 0 atom stereocenters. The van der Waals surface area contributed by atoms with Crippen LogP contribution in [0.25, 0.3) is 0 Å². The van der Waals surface area contributed by atoms with Crippen molar-refractivity contribution in [1.29, 1.82) is 0 Å². The third-order valence-corrected chi connectivity index (χ3v) is 5.30. The van der Waals surface area contributed by atoms with Gasteiger partial charge in [0.25, 0.3) is 0 Å². The lowest BCUT2D eigenvalue weighted by molar-refractivity contribution is -0.116. The van der Waals surface area contributed by atoms with Crippen molar-refractivity contribution < 1.29 is 9.32 Å². The number of aromatic nitrogens is 6. The standard InChI is InChI=1S/C17H20BrN7O2S/c1-17(2,3)15-20-14(27-22-15)8-7-13(26)19-11-9-10(18)5-6-12(11)28-16-21-23-24-25(16)4/h5-6,9H,7-8H2,1-4H3,(H,19,26). The summed E-state index contributed by atoms with van der Waals surface area (Å²) < 4.78 is 7.67. The first-order valence-corrected chi connectivity index (χ1v) is 10.2. The molecule has 0 spiro atoms. The van der Waals surface area contributed by atoms with Gasteiger partial charge < -0.3 is 9.84 Å². The van der Waals surface area contributed by atoms with Crippen LogP contribution in [0.2, 0.25) is 0 Å². The van der Waals surface area contributed by atoms with Crippen LogP contribution in [0.4, 0.5) is 5.69 Å². The van der Waals surface area contributed by atoms with E-state index in [1.54, 1.807) is 11.7 Å². The zero-order valence-electron chi connectivity index (χ0n) is 15.9. The van der Waals surface area contributed by atoms with Crippen LogP contribution < -0.4 is 5.32 Å². The van der Waals surface area contributed by atoms with Gasteiger partial charge in [0.05, 0.1) is 5.69 Å². The number of nitrogens with zero attached hydrogens (tertiary/aromatic N) is 6. The second kappa shape index (κ2) is 8.39. The van der Waals surface area contributed by atoms with Crippen molar-refractivity contribution >= 4 is 39.3 Å². The monoisotopic (exact) mass is 465 g/mol. The molecule has 0 unspecified atom stereocenters. The fourth-order valence-corrected chi connectivity index (χ4v) is 3.35. The predicted molar refractivity (Wildman–Crippen MR) is 107 cm³/mol. The Morgan fingerprint density at radius 1 is 1.36 bits per heavy atom. The first-order chi connectivity index (χ1) is 13.2. The molecule has 148 valence electrons. The van der Waals surface area contributed by atoms with Crippen molar-refractivity contribution in [2.45, 2.75) is 49.1 Å². The van der Waals surface area contributed by atoms with Crippen LogP contribution in [0.15, 0.2) is 37.2 Å². The van der Waals surface area contributed by atoms with Crippen molar-refractivity contribution in [2.24, 2.45) is 7.05 Å². The van der Waals surface area contributed by atoms with Gasteiger partial charge in [0.15, 0.2) is 5.82 Å². The molecule has 2 aromatic heterocycles. The average Bonchev–Trinajstić information content (AvgIpc) is 3.25. The Bertz CT molecular complexity index is 980. The van der Waals surface area contributed by atoms with E-state index in [4.69, 9.17) is 4.52 Å². The van der Waals surface area contributed by atoms with Gasteiger partial charge in [-0.15, -0.1) is 5.10 Å². The Labute approximate surface area is 174 Å². The molecule has 0 radical (unpaired) electrons. The molecule has 11 heteroatoms. The second-order valence-corrected chi connectivity index (χ2v) is 9.06. The molecule has 0 aliphatic carbocycles. The summed E-state index contributed by atoms with van der Waals surface area (Å²) in [6.45, 7) is 6.02. The smallest absolute Gasteiger partial charge is 0.227 e. The predicted octanol–water partition coefficient (Wildman–Crippen LogP) is 3.38. The molecule has 2 heterocycles. The van der Waals surface area contributed by atoms with Crippen LogP contribution in [0, 0.1) is 0 Å². The van der Waals surface area contributed by atoms with Crippen molar-refractivity contribution in [2.75, 3.05) is 5.32 Å². The highest BCUT2D eigenvalue weighted by Gasteiger charge is 2.21. The van der Waals surface area contributed by atoms with Crippen LogP contribution in [-0.2, 0) is 23.7 Å². The van der Waals surface area contributed by atoms with Crippen molar-refractivity contribution in [3.63, 3.8) is 0 Å². The van der Waals surface area contributed by atoms with Crippen LogP contribution in [-0.4, -0.2) is 36.3 Å². The lowest BCUT2D eigenvalue weighted by atomic mass is 9.96. The van der Waals surface area contributed by atoms with Crippen molar-refractivity contribution in [1.82, 2.24) is 30.3 Å². The highest BCUT2D eigenvalue weighted by Crippen LogP contribution is 2.34. The summed E-state index contributed by atoms with van der Waals surface area (Å²) in [6, 6.07) is 5.63. The molecule has 1 N–H and O–H groups in total. The van der Waals surface area contributed by atoms with Crippen LogP contribution >= 0.6 is 27.7 Å². The molecular formula is C17H20BrN7O2S. The SMILES string of the molecule is Cn1nnnc1Sc1ccc(Br)cc1NC(=O)CCc1nc(C(C)(C)C)no1. The Morgan fingerprint density at radius 2 is 2.14 bits per heavy atom. The lowest BCUT2D eigenvalue weighted by Gasteiger charge is -2.11. The molecule has 0 saturated heterocycles. The number of hydrogen-bond donors (Lipinski definition) is 1. The highest BCUT2D eigenvalue weighted by molar-refractivity contribution is 9.10. The number of aryl methyl sites for hydroxylation is 2. The molecule has 3 aromatic rings. The van der Waals surface area contributed by atoms with Gasteiger partial charge in [-0.05, 0) is 40.4 Å². The Balaban J connectivity index is 1.66. The largest absolute Gasteiger partial charge is 0.339 e. The summed E-state index contributed by atoms with van der Waals surface area (Å²) in [7, 11) is 1.76. The molecular weight excluding hydrogens is 446 g/mol. The van der Waals surface area contributed by atoms with Gasteiger partial charge in [0.1, 0.15) is 0 Å². The van der Waals surface area contributed by atoms with Crippen LogP contribution in [0.5, 0.6) is 0 Å². The summed E-state index contributed by atoms with van der Waals surface area (Å²) in [5.41, 5.74) is 0.481. The Morgan fingerprint density at radius 3 is 2.79 bits per heavy atom. The third-order valence-electron chi connectivity index (χ3n) is 3.70. The van der Waals surface area contributed by atoms with E-state index in [9.17, 15) is 4.79 Å². The van der Waals surface area contributed by atoms with E-state index in [-0.39, 0.29) is 17.7 Å². The summed E-state index contributed by atoms with van der Waals surface area (Å²) in [5.74, 6) is 0.937. The van der Waals surface area contributed by atoms with E-state index in [1.165, 1.54) is 11.8 Å². The maximum Gasteiger partial charge on any atom is 0.227 e. The third kappa shape index (κ3) is 5.16. The summed E-state index contributed by atoms with van der Waals surface area (Å²) >= 11 is 4.81. The average molecular weight is 466 g/mol. The topological polar surface area (TPSA) is 112 Å². The van der Waals surface area contributed by atoms with E-state index in [0.717, 1.165) is 9.37 Å². The quantitative estimate of drug-likeness (QED) is 0.589. The van der Waals surface area contributed by atoms with Crippen LogP contribution in [0.3, 0.4) is 0 Å². The Kier molecular flexibility index (Phi) is 6.14. The number of amides is 1. The van der Waals surface area contributed by atoms with E-state index in [1.807, 2.05) is 39.0 Å². The molecule has 0 aliphatic rings. The zero-order chi connectivity index (χ0) is 20.3. The van der Waals surface area contributed by atoms with Gasteiger partial charge in [0.2, 0.25) is 17.0 Å². The molecule has 28 heavy (non-hydrogen) atoms. The lowest BCUT2D eigenvalue weighted by Crippen LogP contribution is -2.14. The zero-order valence-corrected chi connectivity index (χ0v) is 18.3. The minimum absolute atomic E-state index is 0.147. The maximum atomic E-state index is 12.5. The number of rotatable bonds is 6. The minimum Gasteiger partial charge on any atom is -0.339 e. The number of hydrogen-bond acceptors (Lipinski definition) is 8. The van der Waals surface area contributed by atoms with Gasteiger partial charge in [-0.2, -0.15) is 4.98 Å². The van der Waals surface area contributed by atoms with Gasteiger partial charge in [0, 0.05) is 34.7 Å². The number of tetrazole rings is 1. The first-order valence-electron chi connectivity index (χ1n) is 8.55. The summed E-state index contributed by atoms with van der Waals surface area (Å²) in [4.78, 5) is 17.6. The fourth-order valence-electron chi connectivity index (χ4n) is 2.19. The number of halogens is 1. The number of nitrogens with one attached hydrogen (secondary N) is 1. The van der Waals surface area contributed by atoms with E-state index in [2.05, 4.69) is 46.9 Å². The molecule has 0 aliphatic heterocycles. The van der Waals surface area contributed by atoms with Crippen LogP contribution in [0.1, 0.15) is 38.9 Å². The number of benzene rings is 1. The maximum absolute atomic E-state index is 12.5. The van der Waals surface area contributed by atoms with E-state index >= 15 is 0 Å². The normalized spacial score (nSPS) is 11.6. The molecule has 1 amide bonds. The van der Waals surface area contributed by atoms with E-state index < -0.39 is 0 Å². The summed E-state index contributed by atoms with van der Waals surface area (Å²) in [5, 5.41) is 18.9. The molecule has 0 bridgehead atoms. The minimum atomic E-state index is -0.193. The molecule has 9 nitrogen and oxygen atoms in total. The van der Waals surface area contributed by atoms with Crippen molar-refractivity contribution in [3.05, 3.63) is 34.4 Å². The van der Waals surface area contributed by atoms with Gasteiger partial charge in [-0.25, -0.2) is 4.68 Å². The molecule has 3 rings (SSSR count). The molecule has 1 aromatic carbocycles. The summed E-state index contributed by atoms with van der Waals surface area (Å²) in [6.07, 6.45) is 0.604. The number of anilines is 1.